The summed E-state index contributed by atoms with van der Waals surface area (Å²) in [6.07, 6.45) is 2.44. The fraction of sp³-hybridized carbons (Fsp3) is 0.333. The number of fused-ring (bicyclic) bond motifs is 1. The number of carbonyl (C=O) groups excluding carboxylic acids is 1. The average Bonchev–Trinajstić information content (AvgIpc) is 3.38. The number of amides is 1. The van der Waals surface area contributed by atoms with Crippen LogP contribution in [0.1, 0.15) is 25.1 Å². The van der Waals surface area contributed by atoms with Crippen LogP contribution in [0.2, 0.25) is 0 Å². The van der Waals surface area contributed by atoms with Gasteiger partial charge in [0.1, 0.15) is 17.7 Å². The van der Waals surface area contributed by atoms with Crippen molar-refractivity contribution in [2.45, 2.75) is 36.6 Å². The normalized spacial score (nSPS) is 17.4. The molecule has 1 amide bonds. The maximum atomic E-state index is 13.1. The van der Waals surface area contributed by atoms with Crippen molar-refractivity contribution in [1.29, 1.82) is 0 Å². The van der Waals surface area contributed by atoms with Crippen LogP contribution in [0.4, 0.5) is 4.39 Å². The Morgan fingerprint density at radius 1 is 1.20 bits per heavy atom. The minimum atomic E-state index is -3.85. The van der Waals surface area contributed by atoms with Gasteiger partial charge in [-0.3, -0.25) is 4.79 Å². The van der Waals surface area contributed by atoms with Crippen molar-refractivity contribution < 1.29 is 17.6 Å². The van der Waals surface area contributed by atoms with Crippen molar-refractivity contribution in [1.82, 2.24) is 19.6 Å². The Hall–Kier alpha value is -2.78. The summed E-state index contributed by atoms with van der Waals surface area (Å²) in [5, 5.41) is 2.84. The highest BCUT2D eigenvalue weighted by Crippen LogP contribution is 2.26. The highest BCUT2D eigenvalue weighted by Gasteiger charge is 2.39. The molecule has 1 fully saturated rings. The molecule has 7 nitrogen and oxygen atoms in total. The van der Waals surface area contributed by atoms with Crippen molar-refractivity contribution in [2.24, 2.45) is 0 Å². The lowest BCUT2D eigenvalue weighted by Crippen LogP contribution is -2.46. The number of nitrogens with zero attached hydrogens (tertiary/aromatic N) is 2. The molecule has 4 rings (SSSR count). The van der Waals surface area contributed by atoms with Crippen LogP contribution in [0.3, 0.4) is 0 Å². The number of halogens is 1. The summed E-state index contributed by atoms with van der Waals surface area (Å²) in [5.41, 5.74) is 1.88. The molecule has 0 radical (unpaired) electrons. The van der Waals surface area contributed by atoms with E-state index in [1.54, 1.807) is 0 Å². The summed E-state index contributed by atoms with van der Waals surface area (Å²) in [7, 11) is -3.85. The standard InChI is InChI=1S/C21H23FN4O3S/c22-15-9-11-16(12-10-15)30(28,29)26-14-4-7-19(26)21(27)23-13-3-8-20-24-17-5-1-2-6-18(17)25-20/h1-2,5-6,9-12,19H,3-4,7-8,13-14H2,(H,23,27)(H,24,25)/t19-/m0/s1. The van der Waals surface area contributed by atoms with Crippen LogP contribution >= 0.6 is 0 Å². The van der Waals surface area contributed by atoms with Gasteiger partial charge in [-0.25, -0.2) is 17.8 Å². The maximum absolute atomic E-state index is 13.1. The zero-order valence-corrected chi connectivity index (χ0v) is 17.2. The fourth-order valence-electron chi connectivity index (χ4n) is 3.74. The number of H-pyrrole nitrogens is 1. The maximum Gasteiger partial charge on any atom is 0.243 e. The second-order valence-electron chi connectivity index (χ2n) is 7.32. The first-order valence-corrected chi connectivity index (χ1v) is 11.4. The molecule has 9 heteroatoms. The molecular formula is C21H23FN4O3S. The molecule has 1 aliphatic rings. The number of para-hydroxylation sites is 2. The number of aromatic nitrogens is 2. The second-order valence-corrected chi connectivity index (χ2v) is 9.21. The number of aryl methyl sites for hydroxylation is 1. The lowest BCUT2D eigenvalue weighted by atomic mass is 10.2. The van der Waals surface area contributed by atoms with Gasteiger partial charge in [-0.1, -0.05) is 12.1 Å². The van der Waals surface area contributed by atoms with E-state index in [0.717, 1.165) is 29.0 Å². The van der Waals surface area contributed by atoms with E-state index < -0.39 is 21.9 Å². The van der Waals surface area contributed by atoms with E-state index in [4.69, 9.17) is 0 Å². The third-order valence-corrected chi connectivity index (χ3v) is 7.18. The van der Waals surface area contributed by atoms with E-state index >= 15 is 0 Å². The first kappa shape index (κ1) is 20.5. The Balaban J connectivity index is 1.33. The lowest BCUT2D eigenvalue weighted by molar-refractivity contribution is -0.124. The Bertz CT molecular complexity index is 1110. The average molecular weight is 431 g/mol. The van der Waals surface area contributed by atoms with E-state index in [1.807, 2.05) is 24.3 Å². The number of aromatic amines is 1. The molecule has 1 atom stereocenters. The van der Waals surface area contributed by atoms with Gasteiger partial charge in [-0.15, -0.1) is 0 Å². The molecule has 1 aromatic heterocycles. The van der Waals surface area contributed by atoms with E-state index in [0.29, 0.717) is 32.2 Å². The van der Waals surface area contributed by atoms with Crippen LogP contribution < -0.4 is 5.32 Å². The van der Waals surface area contributed by atoms with Gasteiger partial charge in [0.15, 0.2) is 0 Å². The van der Waals surface area contributed by atoms with Crippen LogP contribution in [0.25, 0.3) is 11.0 Å². The summed E-state index contributed by atoms with van der Waals surface area (Å²) >= 11 is 0. The molecule has 1 aliphatic heterocycles. The van der Waals surface area contributed by atoms with Gasteiger partial charge >= 0.3 is 0 Å². The summed E-state index contributed by atoms with van der Waals surface area (Å²) in [6, 6.07) is 11.7. The molecule has 0 saturated carbocycles. The van der Waals surface area contributed by atoms with E-state index in [2.05, 4.69) is 15.3 Å². The smallest absolute Gasteiger partial charge is 0.243 e. The number of benzene rings is 2. The molecule has 1 saturated heterocycles. The van der Waals surface area contributed by atoms with Crippen LogP contribution in [-0.4, -0.2) is 47.7 Å². The predicted octanol–water partition coefficient (Wildman–Crippen LogP) is 2.60. The minimum absolute atomic E-state index is 0.00603. The SMILES string of the molecule is O=C(NCCCc1nc2ccccc2[nH]1)[C@@H]1CCCN1S(=O)(=O)c1ccc(F)cc1. The third-order valence-electron chi connectivity index (χ3n) is 5.25. The van der Waals surface area contributed by atoms with E-state index in [-0.39, 0.29) is 17.3 Å². The van der Waals surface area contributed by atoms with Crippen molar-refractivity contribution in [3.8, 4) is 0 Å². The van der Waals surface area contributed by atoms with E-state index in [1.165, 1.54) is 16.4 Å². The molecule has 0 spiro atoms. The van der Waals surface area contributed by atoms with Gasteiger partial charge in [-0.05, 0) is 55.7 Å². The number of carbonyl (C=O) groups is 1. The van der Waals surface area contributed by atoms with Crippen LogP contribution in [-0.2, 0) is 21.2 Å². The minimum Gasteiger partial charge on any atom is -0.355 e. The first-order valence-electron chi connectivity index (χ1n) is 9.94. The van der Waals surface area contributed by atoms with Crippen molar-refractivity contribution in [2.75, 3.05) is 13.1 Å². The quantitative estimate of drug-likeness (QED) is 0.564. The fourth-order valence-corrected chi connectivity index (χ4v) is 5.40. The number of imidazole rings is 1. The highest BCUT2D eigenvalue weighted by atomic mass is 32.2. The Labute approximate surface area is 174 Å². The zero-order valence-electron chi connectivity index (χ0n) is 16.3. The molecule has 30 heavy (non-hydrogen) atoms. The largest absolute Gasteiger partial charge is 0.355 e. The Kier molecular flexibility index (Phi) is 5.83. The molecule has 158 valence electrons. The van der Waals surface area contributed by atoms with Crippen LogP contribution in [0.15, 0.2) is 53.4 Å². The van der Waals surface area contributed by atoms with Crippen LogP contribution in [0.5, 0.6) is 0 Å². The number of sulfonamides is 1. The summed E-state index contributed by atoms with van der Waals surface area (Å²) < 4.78 is 40.1. The van der Waals surface area contributed by atoms with Gasteiger partial charge in [0, 0.05) is 19.5 Å². The van der Waals surface area contributed by atoms with Crippen LogP contribution in [0, 0.1) is 5.82 Å². The van der Waals surface area contributed by atoms with Gasteiger partial charge in [0.2, 0.25) is 15.9 Å². The van der Waals surface area contributed by atoms with Crippen molar-refractivity contribution in [3.63, 3.8) is 0 Å². The zero-order chi connectivity index (χ0) is 21.1. The number of hydrogen-bond acceptors (Lipinski definition) is 4. The molecule has 0 unspecified atom stereocenters. The van der Waals surface area contributed by atoms with E-state index in [9.17, 15) is 17.6 Å². The van der Waals surface area contributed by atoms with Gasteiger partial charge in [0.25, 0.3) is 0 Å². The third kappa shape index (κ3) is 4.22. The van der Waals surface area contributed by atoms with Gasteiger partial charge in [-0.2, -0.15) is 4.31 Å². The second kappa shape index (κ2) is 8.53. The lowest BCUT2D eigenvalue weighted by Gasteiger charge is -2.23. The van der Waals surface area contributed by atoms with Gasteiger partial charge in [0.05, 0.1) is 15.9 Å². The number of rotatable bonds is 7. The summed E-state index contributed by atoms with van der Waals surface area (Å²) in [6.45, 7) is 0.702. The predicted molar refractivity (Wildman–Crippen MR) is 111 cm³/mol. The molecule has 2 aromatic carbocycles. The molecule has 2 N–H and O–H groups in total. The van der Waals surface area contributed by atoms with Crippen molar-refractivity contribution in [3.05, 3.63) is 60.2 Å². The molecule has 0 bridgehead atoms. The molecule has 2 heterocycles. The monoisotopic (exact) mass is 430 g/mol. The highest BCUT2D eigenvalue weighted by molar-refractivity contribution is 7.89. The summed E-state index contributed by atoms with van der Waals surface area (Å²) in [5.74, 6) is 0.0451. The Morgan fingerprint density at radius 3 is 2.73 bits per heavy atom. The Morgan fingerprint density at radius 2 is 1.97 bits per heavy atom. The number of nitrogens with one attached hydrogen (secondary N) is 2. The molecule has 0 aliphatic carbocycles. The number of hydrogen-bond donors (Lipinski definition) is 2. The summed E-state index contributed by atoms with van der Waals surface area (Å²) in [4.78, 5) is 20.4. The molecule has 3 aromatic rings. The topological polar surface area (TPSA) is 95.2 Å². The van der Waals surface area contributed by atoms with Gasteiger partial charge < -0.3 is 10.3 Å². The molecular weight excluding hydrogens is 407 g/mol. The van der Waals surface area contributed by atoms with Crippen molar-refractivity contribution >= 4 is 27.0 Å². The first-order chi connectivity index (χ1) is 14.4.